The molecule has 0 radical (unpaired) electrons. The van der Waals surface area contributed by atoms with E-state index < -0.39 is 12.5 Å². The lowest BCUT2D eigenvalue weighted by Gasteiger charge is -2.12. The number of nitrogens with one attached hydrogen (secondary N) is 3. The molecule has 18 heavy (non-hydrogen) atoms. The van der Waals surface area contributed by atoms with Crippen molar-refractivity contribution in [3.63, 3.8) is 0 Å². The topological polar surface area (TPSA) is 125 Å². The SMILES string of the molecule is NNc1nc(NCC(O)C(F)F)c2cn[nH]c2n1. The van der Waals surface area contributed by atoms with Crippen LogP contribution in [0.4, 0.5) is 20.5 Å². The fourth-order valence-corrected chi connectivity index (χ4v) is 1.32. The lowest BCUT2D eigenvalue weighted by atomic mass is 10.3. The minimum atomic E-state index is -2.83. The maximum absolute atomic E-state index is 12.2. The Morgan fingerprint density at radius 2 is 2.22 bits per heavy atom. The van der Waals surface area contributed by atoms with E-state index in [1.54, 1.807) is 0 Å². The predicted octanol–water partition coefficient (Wildman–Crippen LogP) is -0.324. The number of hydrazine groups is 1. The average molecular weight is 259 g/mol. The molecule has 0 bridgehead atoms. The van der Waals surface area contributed by atoms with E-state index in [9.17, 15) is 8.78 Å². The number of aliphatic hydroxyl groups is 1. The van der Waals surface area contributed by atoms with E-state index in [2.05, 4.69) is 30.9 Å². The van der Waals surface area contributed by atoms with Gasteiger partial charge in [0.25, 0.3) is 6.43 Å². The Labute approximate surface area is 99.6 Å². The molecule has 0 fully saturated rings. The summed E-state index contributed by atoms with van der Waals surface area (Å²) in [5, 5.41) is 18.5. The molecule has 0 amide bonds. The molecule has 2 aromatic heterocycles. The van der Waals surface area contributed by atoms with E-state index in [-0.39, 0.29) is 18.3 Å². The molecular weight excluding hydrogens is 248 g/mol. The third kappa shape index (κ3) is 2.43. The molecule has 0 aliphatic heterocycles. The van der Waals surface area contributed by atoms with E-state index >= 15 is 0 Å². The highest BCUT2D eigenvalue weighted by molar-refractivity contribution is 5.86. The van der Waals surface area contributed by atoms with Gasteiger partial charge in [-0.15, -0.1) is 0 Å². The van der Waals surface area contributed by atoms with Crippen LogP contribution in [0.3, 0.4) is 0 Å². The minimum Gasteiger partial charge on any atom is -0.385 e. The Kier molecular flexibility index (Phi) is 3.48. The molecule has 6 N–H and O–H groups in total. The van der Waals surface area contributed by atoms with Gasteiger partial charge in [-0.2, -0.15) is 15.1 Å². The largest absolute Gasteiger partial charge is 0.385 e. The molecular formula is C8H11F2N7O. The van der Waals surface area contributed by atoms with Crippen molar-refractivity contribution in [2.75, 3.05) is 17.3 Å². The first-order valence-corrected chi connectivity index (χ1v) is 4.99. The van der Waals surface area contributed by atoms with Gasteiger partial charge in [0.2, 0.25) is 5.95 Å². The van der Waals surface area contributed by atoms with E-state index in [4.69, 9.17) is 10.9 Å². The van der Waals surface area contributed by atoms with E-state index in [0.29, 0.717) is 11.0 Å². The summed E-state index contributed by atoms with van der Waals surface area (Å²) in [5.41, 5.74) is 2.63. The summed E-state index contributed by atoms with van der Waals surface area (Å²) in [6.07, 6.45) is -3.17. The molecule has 2 rings (SSSR count). The first kappa shape index (κ1) is 12.4. The highest BCUT2D eigenvalue weighted by Crippen LogP contribution is 2.19. The zero-order valence-corrected chi connectivity index (χ0v) is 9.06. The summed E-state index contributed by atoms with van der Waals surface area (Å²) in [6, 6.07) is 0. The van der Waals surface area contributed by atoms with Gasteiger partial charge in [0.15, 0.2) is 5.65 Å². The number of alkyl halides is 2. The van der Waals surface area contributed by atoms with Crippen molar-refractivity contribution in [3.8, 4) is 0 Å². The fraction of sp³-hybridized carbons (Fsp3) is 0.375. The summed E-state index contributed by atoms with van der Waals surface area (Å²) in [4.78, 5) is 7.91. The van der Waals surface area contributed by atoms with Crippen molar-refractivity contribution in [2.45, 2.75) is 12.5 Å². The molecule has 0 aliphatic carbocycles. The van der Waals surface area contributed by atoms with Crippen LogP contribution in [0.2, 0.25) is 0 Å². The number of fused-ring (bicyclic) bond motifs is 1. The average Bonchev–Trinajstić information content (AvgIpc) is 2.83. The van der Waals surface area contributed by atoms with Crippen LogP contribution < -0.4 is 16.6 Å². The fourth-order valence-electron chi connectivity index (χ4n) is 1.32. The van der Waals surface area contributed by atoms with Crippen LogP contribution in [-0.2, 0) is 0 Å². The van der Waals surface area contributed by atoms with Gasteiger partial charge in [-0.05, 0) is 0 Å². The van der Waals surface area contributed by atoms with Gasteiger partial charge in [-0.1, -0.05) is 0 Å². The Hall–Kier alpha value is -2.07. The summed E-state index contributed by atoms with van der Waals surface area (Å²) < 4.78 is 24.3. The number of nitrogens with zero attached hydrogens (tertiary/aromatic N) is 3. The molecule has 8 nitrogen and oxygen atoms in total. The molecule has 0 aliphatic rings. The first-order chi connectivity index (χ1) is 8.61. The second-order valence-electron chi connectivity index (χ2n) is 3.46. The maximum Gasteiger partial charge on any atom is 0.265 e. The second kappa shape index (κ2) is 5.06. The van der Waals surface area contributed by atoms with Gasteiger partial charge in [-0.3, -0.25) is 10.5 Å². The normalized spacial score (nSPS) is 12.9. The summed E-state index contributed by atoms with van der Waals surface area (Å²) in [6.45, 7) is -0.348. The monoisotopic (exact) mass is 259 g/mol. The number of halogens is 2. The Bertz CT molecular complexity index is 531. The van der Waals surface area contributed by atoms with Crippen molar-refractivity contribution in [1.29, 1.82) is 0 Å². The highest BCUT2D eigenvalue weighted by atomic mass is 19.3. The zero-order valence-electron chi connectivity index (χ0n) is 9.06. The molecule has 2 aromatic rings. The van der Waals surface area contributed by atoms with Crippen molar-refractivity contribution >= 4 is 22.8 Å². The minimum absolute atomic E-state index is 0.0980. The van der Waals surface area contributed by atoms with Crippen LogP contribution in [0.25, 0.3) is 11.0 Å². The van der Waals surface area contributed by atoms with Crippen LogP contribution >= 0.6 is 0 Å². The standard InChI is InChI=1S/C8H11F2N7O/c9-5(10)4(18)2-12-6-3-1-13-17-7(3)15-8(14-6)16-11/h1,4-5,18H,2,11H2,(H3,12,13,14,15,16,17). The lowest BCUT2D eigenvalue weighted by molar-refractivity contribution is 0.00382. The van der Waals surface area contributed by atoms with E-state index in [1.807, 2.05) is 0 Å². The third-order valence-electron chi connectivity index (χ3n) is 2.21. The van der Waals surface area contributed by atoms with Crippen molar-refractivity contribution in [2.24, 2.45) is 5.84 Å². The van der Waals surface area contributed by atoms with Crippen molar-refractivity contribution in [1.82, 2.24) is 20.2 Å². The van der Waals surface area contributed by atoms with Crippen molar-refractivity contribution < 1.29 is 13.9 Å². The number of aromatic amines is 1. The van der Waals surface area contributed by atoms with E-state index in [1.165, 1.54) is 6.20 Å². The van der Waals surface area contributed by atoms with E-state index in [0.717, 1.165) is 0 Å². The number of H-pyrrole nitrogens is 1. The summed E-state index contributed by atoms with van der Waals surface area (Å²) in [5.74, 6) is 5.53. The number of aliphatic hydroxyl groups excluding tert-OH is 1. The number of aromatic nitrogens is 4. The Morgan fingerprint density at radius 3 is 2.89 bits per heavy atom. The van der Waals surface area contributed by atoms with Gasteiger partial charge in [0.05, 0.1) is 11.6 Å². The van der Waals surface area contributed by atoms with Crippen molar-refractivity contribution in [3.05, 3.63) is 6.20 Å². The molecule has 0 spiro atoms. The summed E-state index contributed by atoms with van der Waals surface area (Å²) >= 11 is 0. The third-order valence-corrected chi connectivity index (χ3v) is 2.21. The Balaban J connectivity index is 2.23. The number of nitrogens with two attached hydrogens (primary N) is 1. The van der Waals surface area contributed by atoms with Gasteiger partial charge in [-0.25, -0.2) is 14.6 Å². The molecule has 1 atom stereocenters. The second-order valence-corrected chi connectivity index (χ2v) is 3.46. The first-order valence-electron chi connectivity index (χ1n) is 4.99. The maximum atomic E-state index is 12.2. The number of anilines is 2. The Morgan fingerprint density at radius 1 is 1.44 bits per heavy atom. The van der Waals surface area contributed by atoms with Gasteiger partial charge in [0, 0.05) is 6.54 Å². The number of hydrogen-bond donors (Lipinski definition) is 5. The molecule has 0 saturated heterocycles. The van der Waals surface area contributed by atoms with Gasteiger partial charge in [0.1, 0.15) is 11.9 Å². The van der Waals surface area contributed by atoms with Crippen LogP contribution in [-0.4, -0.2) is 44.3 Å². The molecule has 0 saturated carbocycles. The summed E-state index contributed by atoms with van der Waals surface area (Å²) in [7, 11) is 0. The zero-order chi connectivity index (χ0) is 13.1. The number of rotatable bonds is 5. The molecule has 1 unspecified atom stereocenters. The molecule has 2 heterocycles. The highest BCUT2D eigenvalue weighted by Gasteiger charge is 2.17. The van der Waals surface area contributed by atoms with Gasteiger partial charge >= 0.3 is 0 Å². The molecule has 10 heteroatoms. The molecule has 0 aromatic carbocycles. The van der Waals surface area contributed by atoms with Gasteiger partial charge < -0.3 is 10.4 Å². The number of hydrogen-bond acceptors (Lipinski definition) is 7. The van der Waals surface area contributed by atoms with Crippen LogP contribution in [0.15, 0.2) is 6.20 Å². The lowest BCUT2D eigenvalue weighted by Crippen LogP contribution is -2.27. The van der Waals surface area contributed by atoms with Crippen LogP contribution in [0.1, 0.15) is 0 Å². The predicted molar refractivity (Wildman–Crippen MR) is 60.0 cm³/mol. The smallest absolute Gasteiger partial charge is 0.265 e. The van der Waals surface area contributed by atoms with Crippen LogP contribution in [0, 0.1) is 0 Å². The molecule has 98 valence electrons. The van der Waals surface area contributed by atoms with Crippen LogP contribution in [0.5, 0.6) is 0 Å². The quantitative estimate of drug-likeness (QED) is 0.368. The number of nitrogen functional groups attached to an aromatic ring is 1.